The van der Waals surface area contributed by atoms with E-state index in [1.54, 1.807) is 24.8 Å². The largest absolute Gasteiger partial charge is 0.394 e. The summed E-state index contributed by atoms with van der Waals surface area (Å²) in [5, 5.41) is 23.5. The van der Waals surface area contributed by atoms with Gasteiger partial charge in [0, 0.05) is 6.04 Å². The fourth-order valence-electron chi connectivity index (χ4n) is 2.41. The highest BCUT2D eigenvalue weighted by Crippen LogP contribution is 2.25. The molecule has 0 saturated carbocycles. The van der Waals surface area contributed by atoms with Crippen molar-refractivity contribution < 1.29 is 5.11 Å². The first-order valence-corrected chi connectivity index (χ1v) is 8.28. The zero-order valence-corrected chi connectivity index (χ0v) is 14.5. The van der Waals surface area contributed by atoms with Crippen LogP contribution in [0.25, 0.3) is 11.2 Å². The molecular formula is C16H22N8O. The summed E-state index contributed by atoms with van der Waals surface area (Å²) < 4.78 is 1.98. The summed E-state index contributed by atoms with van der Waals surface area (Å²) in [6, 6.07) is 1.90. The van der Waals surface area contributed by atoms with Crippen LogP contribution >= 0.6 is 0 Å². The highest BCUT2D eigenvalue weighted by atomic mass is 16.3. The molecule has 0 spiro atoms. The number of nitrogens with zero attached hydrogens (tertiary/aromatic N) is 6. The molecule has 3 aromatic heterocycles. The average molecular weight is 342 g/mol. The van der Waals surface area contributed by atoms with Crippen LogP contribution < -0.4 is 10.6 Å². The predicted molar refractivity (Wildman–Crippen MR) is 95.8 cm³/mol. The lowest BCUT2D eigenvalue weighted by Gasteiger charge is -2.16. The fraction of sp³-hybridized carbons (Fsp3) is 0.438. The van der Waals surface area contributed by atoms with Crippen molar-refractivity contribution in [1.82, 2.24) is 29.7 Å². The third-order valence-corrected chi connectivity index (χ3v) is 3.87. The van der Waals surface area contributed by atoms with Gasteiger partial charge in [-0.3, -0.25) is 0 Å². The summed E-state index contributed by atoms with van der Waals surface area (Å²) in [5.41, 5.74) is 2.16. The van der Waals surface area contributed by atoms with Gasteiger partial charge in [0.1, 0.15) is 0 Å². The van der Waals surface area contributed by atoms with Gasteiger partial charge in [0.2, 0.25) is 5.95 Å². The molecule has 3 aromatic rings. The Kier molecular flexibility index (Phi) is 5.03. The van der Waals surface area contributed by atoms with Crippen LogP contribution in [0.2, 0.25) is 0 Å². The molecule has 3 rings (SSSR count). The fourth-order valence-corrected chi connectivity index (χ4v) is 2.41. The second-order valence-corrected chi connectivity index (χ2v) is 6.00. The zero-order chi connectivity index (χ0) is 17.8. The van der Waals surface area contributed by atoms with Crippen LogP contribution in [0.4, 0.5) is 17.5 Å². The van der Waals surface area contributed by atoms with Gasteiger partial charge in [-0.05, 0) is 26.3 Å². The van der Waals surface area contributed by atoms with Gasteiger partial charge in [0.05, 0.1) is 37.1 Å². The van der Waals surface area contributed by atoms with Gasteiger partial charge in [0.25, 0.3) is 0 Å². The number of anilines is 3. The zero-order valence-electron chi connectivity index (χ0n) is 14.5. The SMILES string of the molecule is CC[C@@H](CO)Nc1nc(Nc2ccnnc2)c2ncn(C(C)C)c2n1. The van der Waals surface area contributed by atoms with Gasteiger partial charge in [0.15, 0.2) is 17.0 Å². The van der Waals surface area contributed by atoms with Crippen molar-refractivity contribution >= 4 is 28.6 Å². The second kappa shape index (κ2) is 7.39. The van der Waals surface area contributed by atoms with Crippen molar-refractivity contribution in [3.05, 3.63) is 24.8 Å². The van der Waals surface area contributed by atoms with Crippen molar-refractivity contribution in [1.29, 1.82) is 0 Å². The summed E-state index contributed by atoms with van der Waals surface area (Å²) >= 11 is 0. The molecular weight excluding hydrogens is 320 g/mol. The van der Waals surface area contributed by atoms with Gasteiger partial charge >= 0.3 is 0 Å². The quantitative estimate of drug-likeness (QED) is 0.598. The van der Waals surface area contributed by atoms with E-state index < -0.39 is 0 Å². The number of hydrogen-bond acceptors (Lipinski definition) is 8. The van der Waals surface area contributed by atoms with Crippen molar-refractivity contribution in [2.75, 3.05) is 17.2 Å². The Bertz CT molecular complexity index is 829. The van der Waals surface area contributed by atoms with E-state index in [0.717, 1.165) is 17.8 Å². The smallest absolute Gasteiger partial charge is 0.227 e. The molecule has 0 fully saturated rings. The van der Waals surface area contributed by atoms with Gasteiger partial charge < -0.3 is 20.3 Å². The second-order valence-electron chi connectivity index (χ2n) is 6.00. The Balaban J connectivity index is 2.06. The van der Waals surface area contributed by atoms with Crippen LogP contribution in [0.5, 0.6) is 0 Å². The maximum Gasteiger partial charge on any atom is 0.227 e. The first kappa shape index (κ1) is 17.0. The summed E-state index contributed by atoms with van der Waals surface area (Å²) in [6.07, 6.45) is 5.74. The minimum absolute atomic E-state index is 0.0123. The molecule has 3 N–H and O–H groups in total. The molecule has 25 heavy (non-hydrogen) atoms. The van der Waals surface area contributed by atoms with Crippen molar-refractivity contribution in [2.45, 2.75) is 39.3 Å². The Morgan fingerprint density at radius 2 is 2.08 bits per heavy atom. The van der Waals surface area contributed by atoms with Crippen LogP contribution in [0.1, 0.15) is 33.2 Å². The van der Waals surface area contributed by atoms with Crippen LogP contribution in [0, 0.1) is 0 Å². The normalized spacial score (nSPS) is 12.5. The third-order valence-electron chi connectivity index (χ3n) is 3.87. The Morgan fingerprint density at radius 1 is 1.24 bits per heavy atom. The van der Waals surface area contributed by atoms with Crippen molar-refractivity contribution in [3.63, 3.8) is 0 Å². The molecule has 3 heterocycles. The number of nitrogens with one attached hydrogen (secondary N) is 2. The van der Waals surface area contributed by atoms with Crippen LogP contribution in [-0.2, 0) is 0 Å². The number of imidazole rings is 1. The first-order valence-electron chi connectivity index (χ1n) is 8.28. The van der Waals surface area contributed by atoms with Crippen molar-refractivity contribution in [3.8, 4) is 0 Å². The molecule has 1 atom stereocenters. The van der Waals surface area contributed by atoms with E-state index in [-0.39, 0.29) is 18.7 Å². The number of aromatic nitrogens is 6. The predicted octanol–water partition coefficient (Wildman–Crippen LogP) is 2.12. The van der Waals surface area contributed by atoms with Crippen LogP contribution in [0.15, 0.2) is 24.8 Å². The number of aliphatic hydroxyl groups is 1. The van der Waals surface area contributed by atoms with E-state index in [1.807, 2.05) is 11.5 Å². The number of hydrogen-bond donors (Lipinski definition) is 3. The number of aliphatic hydroxyl groups excluding tert-OH is 1. The van der Waals surface area contributed by atoms with Gasteiger partial charge in [-0.15, -0.1) is 0 Å². The van der Waals surface area contributed by atoms with Crippen LogP contribution in [-0.4, -0.2) is 47.5 Å². The molecule has 0 aliphatic rings. The highest BCUT2D eigenvalue weighted by Gasteiger charge is 2.16. The Labute approximate surface area is 145 Å². The van der Waals surface area contributed by atoms with E-state index in [4.69, 9.17) is 0 Å². The maximum absolute atomic E-state index is 9.44. The molecule has 0 radical (unpaired) electrons. The summed E-state index contributed by atoms with van der Waals surface area (Å²) in [7, 11) is 0. The number of fused-ring (bicyclic) bond motifs is 1. The van der Waals surface area contributed by atoms with E-state index in [0.29, 0.717) is 17.3 Å². The molecule has 0 bridgehead atoms. The molecule has 9 nitrogen and oxygen atoms in total. The van der Waals surface area contributed by atoms with Gasteiger partial charge in [-0.1, -0.05) is 6.92 Å². The molecule has 0 unspecified atom stereocenters. The summed E-state index contributed by atoms with van der Waals surface area (Å²) in [4.78, 5) is 13.6. The van der Waals surface area contributed by atoms with Crippen LogP contribution in [0.3, 0.4) is 0 Å². The maximum atomic E-state index is 9.44. The Hall–Kier alpha value is -2.81. The third kappa shape index (κ3) is 3.66. The monoisotopic (exact) mass is 342 g/mol. The first-order chi connectivity index (χ1) is 12.1. The van der Waals surface area contributed by atoms with E-state index >= 15 is 0 Å². The lowest BCUT2D eigenvalue weighted by Crippen LogP contribution is -2.24. The lowest BCUT2D eigenvalue weighted by atomic mass is 10.2. The molecule has 9 heteroatoms. The summed E-state index contributed by atoms with van der Waals surface area (Å²) in [5.74, 6) is 1.02. The molecule has 0 saturated heterocycles. The van der Waals surface area contributed by atoms with E-state index in [9.17, 15) is 5.11 Å². The average Bonchev–Trinajstić information content (AvgIpc) is 3.05. The molecule has 0 aromatic carbocycles. The molecule has 0 aliphatic carbocycles. The standard InChI is InChI=1S/C16H22N8O/c1-4-11(8-25)21-16-22-14(20-12-5-6-18-19-7-12)13-15(23-16)24(9-17-13)10(2)3/h5-7,9-11,25H,4,8H2,1-3H3,(H2,18,20,21,22,23)/t11-/m0/s1. The lowest BCUT2D eigenvalue weighted by molar-refractivity contribution is 0.271. The van der Waals surface area contributed by atoms with Gasteiger partial charge in [-0.25, -0.2) is 4.98 Å². The Morgan fingerprint density at radius 3 is 2.72 bits per heavy atom. The molecule has 0 aliphatic heterocycles. The topological polar surface area (TPSA) is 114 Å². The van der Waals surface area contributed by atoms with Gasteiger partial charge in [-0.2, -0.15) is 20.2 Å². The molecule has 132 valence electrons. The number of rotatable bonds is 7. The summed E-state index contributed by atoms with van der Waals surface area (Å²) in [6.45, 7) is 6.14. The highest BCUT2D eigenvalue weighted by molar-refractivity contribution is 5.86. The minimum atomic E-state index is -0.108. The van der Waals surface area contributed by atoms with Crippen molar-refractivity contribution in [2.24, 2.45) is 0 Å². The molecule has 0 amide bonds. The minimum Gasteiger partial charge on any atom is -0.394 e. The van der Waals surface area contributed by atoms with E-state index in [2.05, 4.69) is 49.6 Å². The van der Waals surface area contributed by atoms with E-state index in [1.165, 1.54) is 0 Å².